The van der Waals surface area contributed by atoms with Gasteiger partial charge in [0.1, 0.15) is 0 Å². The maximum Gasteiger partial charge on any atom is 0.418 e. The van der Waals surface area contributed by atoms with Crippen molar-refractivity contribution in [3.05, 3.63) is 28.0 Å². The number of phenolic OH excluding ortho intramolecular Hbond substituents is 1. The standard InChI is InChI=1S/C11H11ClF4O/c1-10(2,3)5-4-6(17)9(13)8(12)7(5)11(14,15)16/h4,17H,1-3H3. The number of benzene rings is 1. The molecule has 0 heterocycles. The Hall–Kier alpha value is -0.970. The number of alkyl halides is 3. The van der Waals surface area contributed by atoms with Crippen LogP contribution in [0.1, 0.15) is 31.9 Å². The molecule has 1 nitrogen and oxygen atoms in total. The quantitative estimate of drug-likeness (QED) is 0.688. The van der Waals surface area contributed by atoms with Gasteiger partial charge in [-0.2, -0.15) is 13.2 Å². The van der Waals surface area contributed by atoms with Crippen LogP contribution in [0.15, 0.2) is 6.07 Å². The monoisotopic (exact) mass is 270 g/mol. The summed E-state index contributed by atoms with van der Waals surface area (Å²) in [5.41, 5.74) is -2.39. The van der Waals surface area contributed by atoms with Crippen molar-refractivity contribution in [2.45, 2.75) is 32.4 Å². The first-order valence-corrected chi connectivity index (χ1v) is 5.12. The summed E-state index contributed by atoms with van der Waals surface area (Å²) in [7, 11) is 0. The van der Waals surface area contributed by atoms with Gasteiger partial charge in [-0.05, 0) is 17.0 Å². The van der Waals surface area contributed by atoms with Gasteiger partial charge >= 0.3 is 6.18 Å². The first-order valence-electron chi connectivity index (χ1n) is 4.75. The lowest BCUT2D eigenvalue weighted by Gasteiger charge is -2.25. The Labute approximate surface area is 101 Å². The number of rotatable bonds is 0. The van der Waals surface area contributed by atoms with E-state index >= 15 is 0 Å². The molecule has 0 saturated carbocycles. The van der Waals surface area contributed by atoms with Crippen molar-refractivity contribution in [2.75, 3.05) is 0 Å². The van der Waals surface area contributed by atoms with E-state index in [0.29, 0.717) is 0 Å². The van der Waals surface area contributed by atoms with Crippen molar-refractivity contribution >= 4 is 11.6 Å². The average Bonchev–Trinajstić information content (AvgIpc) is 2.09. The summed E-state index contributed by atoms with van der Waals surface area (Å²) in [5.74, 6) is -2.33. The zero-order chi connectivity index (χ0) is 13.6. The number of halogens is 5. The minimum Gasteiger partial charge on any atom is -0.505 e. The normalized spacial score (nSPS) is 12.9. The SMILES string of the molecule is CC(C)(C)c1cc(O)c(F)c(Cl)c1C(F)(F)F. The Morgan fingerprint density at radius 2 is 1.65 bits per heavy atom. The summed E-state index contributed by atoms with van der Waals surface area (Å²) in [6.07, 6.45) is -4.77. The van der Waals surface area contributed by atoms with Crippen molar-refractivity contribution in [3.8, 4) is 5.75 Å². The zero-order valence-corrected chi connectivity index (χ0v) is 10.2. The Kier molecular flexibility index (Phi) is 3.36. The summed E-state index contributed by atoms with van der Waals surface area (Å²) in [5, 5.41) is 8.11. The number of hydrogen-bond acceptors (Lipinski definition) is 1. The second-order valence-corrected chi connectivity index (χ2v) is 5.07. The molecule has 1 N–H and O–H groups in total. The topological polar surface area (TPSA) is 20.2 Å². The molecule has 1 rings (SSSR count). The van der Waals surface area contributed by atoms with E-state index < -0.39 is 33.7 Å². The van der Waals surface area contributed by atoms with Crippen LogP contribution in [0.2, 0.25) is 5.02 Å². The van der Waals surface area contributed by atoms with Gasteiger partial charge in [0, 0.05) is 0 Å². The smallest absolute Gasteiger partial charge is 0.418 e. The van der Waals surface area contributed by atoms with E-state index in [1.54, 1.807) is 0 Å². The molecule has 0 aliphatic carbocycles. The molecule has 0 amide bonds. The average molecular weight is 271 g/mol. The molecular formula is C11H11ClF4O. The van der Waals surface area contributed by atoms with Gasteiger partial charge in [0.2, 0.25) is 0 Å². The molecule has 1 aromatic carbocycles. The predicted molar refractivity (Wildman–Crippen MR) is 56.8 cm³/mol. The first kappa shape index (κ1) is 14.1. The van der Waals surface area contributed by atoms with E-state index in [4.69, 9.17) is 11.6 Å². The highest BCUT2D eigenvalue weighted by Crippen LogP contribution is 2.44. The molecule has 0 unspecified atom stereocenters. The highest BCUT2D eigenvalue weighted by atomic mass is 35.5. The van der Waals surface area contributed by atoms with Gasteiger partial charge < -0.3 is 5.11 Å². The van der Waals surface area contributed by atoms with Gasteiger partial charge in [-0.3, -0.25) is 0 Å². The van der Waals surface area contributed by atoms with Gasteiger partial charge in [0.05, 0.1) is 10.6 Å². The highest BCUT2D eigenvalue weighted by Gasteiger charge is 2.40. The third-order valence-electron chi connectivity index (χ3n) is 2.28. The Balaban J connectivity index is 3.71. The first-order chi connectivity index (χ1) is 7.46. The summed E-state index contributed by atoms with van der Waals surface area (Å²) in [6.45, 7) is 4.56. The van der Waals surface area contributed by atoms with E-state index in [1.165, 1.54) is 20.8 Å². The van der Waals surface area contributed by atoms with Gasteiger partial charge in [-0.25, -0.2) is 4.39 Å². The van der Waals surface area contributed by atoms with Crippen LogP contribution in [0.3, 0.4) is 0 Å². The van der Waals surface area contributed by atoms with E-state index in [1.807, 2.05) is 0 Å². The fourth-order valence-corrected chi connectivity index (χ4v) is 1.79. The van der Waals surface area contributed by atoms with Gasteiger partial charge in [0.15, 0.2) is 11.6 Å². The second kappa shape index (κ2) is 4.05. The molecule has 96 valence electrons. The Morgan fingerprint density at radius 1 is 1.18 bits per heavy atom. The van der Waals surface area contributed by atoms with E-state index in [-0.39, 0.29) is 5.56 Å². The molecule has 0 bridgehead atoms. The molecule has 6 heteroatoms. The predicted octanol–water partition coefficient (Wildman–Crippen LogP) is 4.50. The van der Waals surface area contributed by atoms with Gasteiger partial charge in [-0.15, -0.1) is 0 Å². The maximum atomic E-state index is 13.2. The third kappa shape index (κ3) is 2.65. The van der Waals surface area contributed by atoms with Crippen LogP contribution < -0.4 is 0 Å². The van der Waals surface area contributed by atoms with E-state index in [2.05, 4.69) is 0 Å². The minimum atomic E-state index is -4.77. The van der Waals surface area contributed by atoms with Crippen LogP contribution >= 0.6 is 11.6 Å². The van der Waals surface area contributed by atoms with Gasteiger partial charge in [0.25, 0.3) is 0 Å². The summed E-state index contributed by atoms with van der Waals surface area (Å²) >= 11 is 5.34. The van der Waals surface area contributed by atoms with Crippen LogP contribution in [0.5, 0.6) is 5.75 Å². The molecule has 0 atom stereocenters. The van der Waals surface area contributed by atoms with Crippen molar-refractivity contribution in [3.63, 3.8) is 0 Å². The number of phenols is 1. The van der Waals surface area contributed by atoms with Crippen molar-refractivity contribution in [2.24, 2.45) is 0 Å². The molecule has 0 aromatic heterocycles. The highest BCUT2D eigenvalue weighted by molar-refractivity contribution is 6.31. The van der Waals surface area contributed by atoms with Gasteiger partial charge in [-0.1, -0.05) is 32.4 Å². The third-order valence-corrected chi connectivity index (χ3v) is 2.63. The van der Waals surface area contributed by atoms with Crippen molar-refractivity contribution in [1.82, 2.24) is 0 Å². The largest absolute Gasteiger partial charge is 0.505 e. The fraction of sp³-hybridized carbons (Fsp3) is 0.455. The van der Waals surface area contributed by atoms with Crippen LogP contribution in [-0.2, 0) is 11.6 Å². The lowest BCUT2D eigenvalue weighted by Crippen LogP contribution is -2.20. The van der Waals surface area contributed by atoms with Crippen LogP contribution in [-0.4, -0.2) is 5.11 Å². The minimum absolute atomic E-state index is 0.242. The van der Waals surface area contributed by atoms with Crippen molar-refractivity contribution < 1.29 is 22.7 Å². The lowest BCUT2D eigenvalue weighted by molar-refractivity contribution is -0.138. The number of aromatic hydroxyl groups is 1. The lowest BCUT2D eigenvalue weighted by atomic mass is 9.83. The summed E-state index contributed by atoms with van der Waals surface area (Å²) in [6, 6.07) is 0.768. The fourth-order valence-electron chi connectivity index (χ4n) is 1.48. The Bertz CT molecular complexity index is 446. The van der Waals surface area contributed by atoms with Crippen molar-refractivity contribution in [1.29, 1.82) is 0 Å². The molecule has 1 aromatic rings. The van der Waals surface area contributed by atoms with Crippen LogP contribution in [0, 0.1) is 5.82 Å². The number of hydrogen-bond donors (Lipinski definition) is 1. The molecule has 0 saturated heterocycles. The molecular weight excluding hydrogens is 260 g/mol. The summed E-state index contributed by atoms with van der Waals surface area (Å²) in [4.78, 5) is 0. The molecule has 17 heavy (non-hydrogen) atoms. The second-order valence-electron chi connectivity index (χ2n) is 4.69. The van der Waals surface area contributed by atoms with Crippen LogP contribution in [0.4, 0.5) is 17.6 Å². The molecule has 0 aliphatic heterocycles. The van der Waals surface area contributed by atoms with Crippen LogP contribution in [0.25, 0.3) is 0 Å². The maximum absolute atomic E-state index is 13.2. The summed E-state index contributed by atoms with van der Waals surface area (Å²) < 4.78 is 51.7. The molecule has 0 aliphatic rings. The van der Waals surface area contributed by atoms with E-state index in [0.717, 1.165) is 6.07 Å². The zero-order valence-electron chi connectivity index (χ0n) is 9.41. The molecule has 0 spiro atoms. The molecule has 0 fully saturated rings. The Morgan fingerprint density at radius 3 is 2.00 bits per heavy atom. The molecule has 0 radical (unpaired) electrons. The van der Waals surface area contributed by atoms with E-state index in [9.17, 15) is 22.7 Å².